The van der Waals surface area contributed by atoms with Gasteiger partial charge in [0, 0.05) is 48.1 Å². The number of carbonyl (C=O) groups excluding carboxylic acids is 3. The lowest BCUT2D eigenvalue weighted by Gasteiger charge is -2.36. The Balaban J connectivity index is 1.48. The lowest BCUT2D eigenvalue weighted by Crippen LogP contribution is -2.54. The Morgan fingerprint density at radius 2 is 1.70 bits per heavy atom. The number of nitrogens with one attached hydrogen (secondary N) is 2. The van der Waals surface area contributed by atoms with Crippen LogP contribution in [0.4, 0.5) is 16.2 Å². The van der Waals surface area contributed by atoms with Crippen LogP contribution in [0.2, 0.25) is 5.02 Å². The van der Waals surface area contributed by atoms with Crippen molar-refractivity contribution in [3.63, 3.8) is 0 Å². The molecule has 1 aliphatic heterocycles. The average Bonchev–Trinajstić information content (AvgIpc) is 2.74. The van der Waals surface area contributed by atoms with Crippen molar-refractivity contribution in [1.29, 1.82) is 0 Å². The number of hydrogen-bond acceptors (Lipinski definition) is 4. The number of hydrogen-bond donors (Lipinski definition) is 3. The first-order chi connectivity index (χ1) is 14.3. The number of urea groups is 1. The first kappa shape index (κ1) is 21.4. The maximum atomic E-state index is 12.5. The van der Waals surface area contributed by atoms with E-state index in [2.05, 4.69) is 15.5 Å². The Labute approximate surface area is 180 Å². The van der Waals surface area contributed by atoms with Crippen molar-refractivity contribution >= 4 is 40.8 Å². The highest BCUT2D eigenvalue weighted by atomic mass is 35.5. The van der Waals surface area contributed by atoms with Gasteiger partial charge in [-0.15, -0.1) is 0 Å². The van der Waals surface area contributed by atoms with Crippen molar-refractivity contribution in [2.45, 2.75) is 13.0 Å². The second kappa shape index (κ2) is 9.49. The summed E-state index contributed by atoms with van der Waals surface area (Å²) in [6.07, 6.45) is 0. The van der Waals surface area contributed by atoms with Gasteiger partial charge < -0.3 is 26.2 Å². The Morgan fingerprint density at radius 3 is 2.30 bits per heavy atom. The molecule has 1 atom stereocenters. The molecular formula is C21H24ClN5O3. The van der Waals surface area contributed by atoms with Crippen LogP contribution in [0.1, 0.15) is 17.3 Å². The molecule has 0 radical (unpaired) electrons. The largest absolute Gasteiger partial charge is 0.368 e. The van der Waals surface area contributed by atoms with Crippen LogP contribution >= 0.6 is 11.6 Å². The van der Waals surface area contributed by atoms with Gasteiger partial charge in [0.05, 0.1) is 0 Å². The van der Waals surface area contributed by atoms with E-state index in [1.165, 1.54) is 12.1 Å². The van der Waals surface area contributed by atoms with Crippen LogP contribution in [0, 0.1) is 0 Å². The summed E-state index contributed by atoms with van der Waals surface area (Å²) >= 11 is 6.05. The first-order valence-corrected chi connectivity index (χ1v) is 9.98. The van der Waals surface area contributed by atoms with Crippen molar-refractivity contribution in [2.75, 3.05) is 36.4 Å². The van der Waals surface area contributed by atoms with Crippen molar-refractivity contribution in [1.82, 2.24) is 10.2 Å². The summed E-state index contributed by atoms with van der Waals surface area (Å²) in [5.41, 5.74) is 7.09. The maximum absolute atomic E-state index is 12.5. The molecule has 0 aromatic heterocycles. The summed E-state index contributed by atoms with van der Waals surface area (Å²) in [7, 11) is 0. The average molecular weight is 430 g/mol. The summed E-state index contributed by atoms with van der Waals surface area (Å²) in [6, 6.07) is 12.8. The van der Waals surface area contributed by atoms with E-state index in [9.17, 15) is 14.4 Å². The number of amides is 4. The van der Waals surface area contributed by atoms with Crippen LogP contribution in [0.5, 0.6) is 0 Å². The zero-order valence-electron chi connectivity index (χ0n) is 16.6. The van der Waals surface area contributed by atoms with Crippen LogP contribution < -0.4 is 21.3 Å². The highest BCUT2D eigenvalue weighted by molar-refractivity contribution is 6.30. The third kappa shape index (κ3) is 5.42. The molecule has 0 bridgehead atoms. The van der Waals surface area contributed by atoms with E-state index in [1.807, 2.05) is 24.3 Å². The number of piperazine rings is 1. The van der Waals surface area contributed by atoms with Crippen LogP contribution in [0.15, 0.2) is 48.5 Å². The minimum atomic E-state index is -0.723. The van der Waals surface area contributed by atoms with Crippen molar-refractivity contribution in [2.24, 2.45) is 5.73 Å². The molecule has 8 nitrogen and oxygen atoms in total. The van der Waals surface area contributed by atoms with Gasteiger partial charge in [-0.2, -0.15) is 0 Å². The van der Waals surface area contributed by atoms with E-state index in [0.29, 0.717) is 42.5 Å². The molecule has 0 aliphatic carbocycles. The van der Waals surface area contributed by atoms with E-state index in [0.717, 1.165) is 5.69 Å². The molecule has 2 aromatic rings. The van der Waals surface area contributed by atoms with Gasteiger partial charge >= 0.3 is 6.03 Å². The number of benzene rings is 2. The van der Waals surface area contributed by atoms with E-state index in [1.54, 1.807) is 24.0 Å². The van der Waals surface area contributed by atoms with Crippen LogP contribution in [-0.4, -0.2) is 55.0 Å². The molecule has 0 unspecified atom stereocenters. The monoisotopic (exact) mass is 429 g/mol. The highest BCUT2D eigenvalue weighted by Gasteiger charge is 2.24. The van der Waals surface area contributed by atoms with Crippen molar-refractivity contribution < 1.29 is 14.4 Å². The number of primary amides is 1. The van der Waals surface area contributed by atoms with Gasteiger partial charge in [-0.25, -0.2) is 4.79 Å². The number of halogens is 1. The summed E-state index contributed by atoms with van der Waals surface area (Å²) in [5.74, 6) is -0.892. The molecule has 2 aromatic carbocycles. The summed E-state index contributed by atoms with van der Waals surface area (Å²) < 4.78 is 0. The molecule has 158 valence electrons. The fourth-order valence-corrected chi connectivity index (χ4v) is 3.34. The minimum Gasteiger partial charge on any atom is -0.368 e. The molecular weight excluding hydrogens is 406 g/mol. The normalized spacial score (nSPS) is 14.7. The van der Waals surface area contributed by atoms with Crippen molar-refractivity contribution in [3.05, 3.63) is 59.1 Å². The Hall–Kier alpha value is -3.26. The van der Waals surface area contributed by atoms with E-state index < -0.39 is 11.9 Å². The van der Waals surface area contributed by atoms with Crippen LogP contribution in [0.3, 0.4) is 0 Å². The SMILES string of the molecule is C[C@H](NC(=O)N1CCN(c2cccc(Cl)c2)CC1)C(=O)Nc1ccc(C(N)=O)cc1. The van der Waals surface area contributed by atoms with E-state index in [-0.39, 0.29) is 11.9 Å². The molecule has 1 saturated heterocycles. The van der Waals surface area contributed by atoms with E-state index >= 15 is 0 Å². The van der Waals surface area contributed by atoms with Gasteiger partial charge in [-0.1, -0.05) is 17.7 Å². The predicted molar refractivity (Wildman–Crippen MR) is 117 cm³/mol. The smallest absolute Gasteiger partial charge is 0.318 e. The molecule has 1 heterocycles. The van der Waals surface area contributed by atoms with Crippen LogP contribution in [-0.2, 0) is 4.79 Å². The quantitative estimate of drug-likeness (QED) is 0.677. The number of rotatable bonds is 5. The first-order valence-electron chi connectivity index (χ1n) is 9.60. The molecule has 0 saturated carbocycles. The van der Waals surface area contributed by atoms with E-state index in [4.69, 9.17) is 17.3 Å². The van der Waals surface area contributed by atoms with Gasteiger partial charge in [-0.05, 0) is 49.4 Å². The van der Waals surface area contributed by atoms with Gasteiger partial charge in [0.1, 0.15) is 6.04 Å². The number of nitrogens with zero attached hydrogens (tertiary/aromatic N) is 2. The van der Waals surface area contributed by atoms with Crippen LogP contribution in [0.25, 0.3) is 0 Å². The molecule has 0 spiro atoms. The Bertz CT molecular complexity index is 926. The summed E-state index contributed by atoms with van der Waals surface area (Å²) in [6.45, 7) is 4.07. The lowest BCUT2D eigenvalue weighted by molar-refractivity contribution is -0.117. The summed E-state index contributed by atoms with van der Waals surface area (Å²) in [4.78, 5) is 39.8. The zero-order chi connectivity index (χ0) is 21.7. The van der Waals surface area contributed by atoms with Gasteiger partial charge in [-0.3, -0.25) is 9.59 Å². The number of nitrogens with two attached hydrogens (primary N) is 1. The molecule has 4 N–H and O–H groups in total. The summed E-state index contributed by atoms with van der Waals surface area (Å²) in [5, 5.41) is 6.11. The Kier molecular flexibility index (Phi) is 6.79. The molecule has 4 amide bonds. The number of carbonyl (C=O) groups is 3. The molecule has 9 heteroatoms. The van der Waals surface area contributed by atoms with Gasteiger partial charge in [0.2, 0.25) is 11.8 Å². The third-order valence-corrected chi connectivity index (χ3v) is 5.15. The second-order valence-corrected chi connectivity index (χ2v) is 7.49. The third-order valence-electron chi connectivity index (χ3n) is 4.91. The van der Waals surface area contributed by atoms with Crippen molar-refractivity contribution in [3.8, 4) is 0 Å². The fourth-order valence-electron chi connectivity index (χ4n) is 3.15. The van der Waals surface area contributed by atoms with Gasteiger partial charge in [0.25, 0.3) is 0 Å². The molecule has 3 rings (SSSR count). The standard InChI is InChI=1S/C21H24ClN5O3/c1-14(20(29)25-17-7-5-15(6-8-17)19(23)28)24-21(30)27-11-9-26(10-12-27)18-4-2-3-16(22)13-18/h2-8,13-14H,9-12H2,1H3,(H2,23,28)(H,24,30)(H,25,29)/t14-/m0/s1. The maximum Gasteiger partial charge on any atom is 0.318 e. The zero-order valence-corrected chi connectivity index (χ0v) is 17.4. The number of anilines is 2. The second-order valence-electron chi connectivity index (χ2n) is 7.06. The topological polar surface area (TPSA) is 108 Å². The fraction of sp³-hybridized carbons (Fsp3) is 0.286. The van der Waals surface area contributed by atoms with Gasteiger partial charge in [0.15, 0.2) is 0 Å². The Morgan fingerprint density at radius 1 is 1.03 bits per heavy atom. The highest BCUT2D eigenvalue weighted by Crippen LogP contribution is 2.20. The molecule has 1 aliphatic rings. The lowest BCUT2D eigenvalue weighted by atomic mass is 10.2. The minimum absolute atomic E-state index is 0.285. The molecule has 1 fully saturated rings. The predicted octanol–water partition coefficient (Wildman–Crippen LogP) is 2.30. The molecule has 30 heavy (non-hydrogen) atoms.